The normalized spacial score (nSPS) is 31.6. The average molecular weight is 272 g/mol. The van der Waals surface area contributed by atoms with E-state index in [-0.39, 0.29) is 0 Å². The lowest BCUT2D eigenvalue weighted by atomic mass is 10.0. The summed E-state index contributed by atoms with van der Waals surface area (Å²) in [5.74, 6) is 0.751. The van der Waals surface area contributed by atoms with Gasteiger partial charge in [-0.15, -0.1) is 0 Å². The molecule has 2 fully saturated rings. The van der Waals surface area contributed by atoms with E-state index in [1.54, 1.807) is 0 Å². The van der Waals surface area contributed by atoms with Gasteiger partial charge in [0.05, 0.1) is 0 Å². The van der Waals surface area contributed by atoms with E-state index in [1.165, 1.54) is 50.6 Å². The zero-order valence-corrected chi connectivity index (χ0v) is 12.6. The molecule has 2 aliphatic rings. The van der Waals surface area contributed by atoms with Crippen molar-refractivity contribution in [2.75, 3.05) is 6.54 Å². The zero-order chi connectivity index (χ0) is 13.8. The van der Waals surface area contributed by atoms with Crippen molar-refractivity contribution in [3.63, 3.8) is 0 Å². The maximum absolute atomic E-state index is 3.83. The molecule has 0 bridgehead atoms. The van der Waals surface area contributed by atoms with Crippen LogP contribution in [0.5, 0.6) is 0 Å². The number of hydrogen-bond acceptors (Lipinski definition) is 2. The first-order valence-electron chi connectivity index (χ1n) is 8.37. The Balaban J connectivity index is 1.42. The highest BCUT2D eigenvalue weighted by Gasteiger charge is 2.38. The SMILES string of the molecule is CC(CC1CCCCCN1)NC1CC1c1ccccc1. The molecule has 20 heavy (non-hydrogen) atoms. The molecule has 2 N–H and O–H groups in total. The minimum Gasteiger partial charge on any atom is -0.314 e. The maximum Gasteiger partial charge on any atom is 0.0145 e. The summed E-state index contributed by atoms with van der Waals surface area (Å²) in [5.41, 5.74) is 1.50. The van der Waals surface area contributed by atoms with E-state index in [2.05, 4.69) is 47.9 Å². The van der Waals surface area contributed by atoms with Crippen molar-refractivity contribution in [1.82, 2.24) is 10.6 Å². The van der Waals surface area contributed by atoms with Crippen LogP contribution in [0.4, 0.5) is 0 Å². The van der Waals surface area contributed by atoms with E-state index in [9.17, 15) is 0 Å². The van der Waals surface area contributed by atoms with Crippen molar-refractivity contribution in [3.05, 3.63) is 35.9 Å². The molecule has 0 radical (unpaired) electrons. The van der Waals surface area contributed by atoms with Crippen LogP contribution in [0.25, 0.3) is 0 Å². The number of rotatable bonds is 5. The van der Waals surface area contributed by atoms with Crippen LogP contribution in [0.3, 0.4) is 0 Å². The van der Waals surface area contributed by atoms with Crippen LogP contribution in [-0.4, -0.2) is 24.7 Å². The topological polar surface area (TPSA) is 24.1 Å². The Morgan fingerprint density at radius 1 is 1.20 bits per heavy atom. The van der Waals surface area contributed by atoms with Crippen molar-refractivity contribution in [2.45, 2.75) is 69.5 Å². The van der Waals surface area contributed by atoms with Gasteiger partial charge in [-0.2, -0.15) is 0 Å². The van der Waals surface area contributed by atoms with Gasteiger partial charge in [0.15, 0.2) is 0 Å². The first-order valence-corrected chi connectivity index (χ1v) is 8.37. The van der Waals surface area contributed by atoms with E-state index < -0.39 is 0 Å². The van der Waals surface area contributed by atoms with E-state index >= 15 is 0 Å². The maximum atomic E-state index is 3.83. The highest BCUT2D eigenvalue weighted by atomic mass is 15.0. The molecule has 110 valence electrons. The molecule has 1 aliphatic carbocycles. The fourth-order valence-electron chi connectivity index (χ4n) is 3.61. The molecule has 2 heteroatoms. The molecule has 2 nitrogen and oxygen atoms in total. The van der Waals surface area contributed by atoms with Crippen LogP contribution in [-0.2, 0) is 0 Å². The van der Waals surface area contributed by atoms with Crippen LogP contribution in [0, 0.1) is 0 Å². The van der Waals surface area contributed by atoms with Crippen molar-refractivity contribution >= 4 is 0 Å². The molecule has 0 aromatic heterocycles. The predicted octanol–water partition coefficient (Wildman–Crippen LogP) is 3.44. The summed E-state index contributed by atoms with van der Waals surface area (Å²) in [7, 11) is 0. The monoisotopic (exact) mass is 272 g/mol. The molecule has 4 unspecified atom stereocenters. The first-order chi connectivity index (χ1) is 9.83. The third-order valence-corrected chi connectivity index (χ3v) is 4.82. The fraction of sp³-hybridized carbons (Fsp3) is 0.667. The Hall–Kier alpha value is -0.860. The predicted molar refractivity (Wildman–Crippen MR) is 85.1 cm³/mol. The highest BCUT2D eigenvalue weighted by Crippen LogP contribution is 2.41. The van der Waals surface area contributed by atoms with Crippen LogP contribution in [0.1, 0.15) is 56.9 Å². The van der Waals surface area contributed by atoms with Crippen LogP contribution >= 0.6 is 0 Å². The lowest BCUT2D eigenvalue weighted by Crippen LogP contribution is -2.38. The van der Waals surface area contributed by atoms with Gasteiger partial charge in [0.2, 0.25) is 0 Å². The Morgan fingerprint density at radius 2 is 2.05 bits per heavy atom. The zero-order valence-electron chi connectivity index (χ0n) is 12.6. The molecular formula is C18H28N2. The molecular weight excluding hydrogens is 244 g/mol. The molecule has 4 atom stereocenters. The van der Waals surface area contributed by atoms with Crippen LogP contribution < -0.4 is 10.6 Å². The van der Waals surface area contributed by atoms with Gasteiger partial charge in [0.25, 0.3) is 0 Å². The van der Waals surface area contributed by atoms with Gasteiger partial charge in [-0.3, -0.25) is 0 Å². The Kier molecular flexibility index (Phi) is 4.74. The van der Waals surface area contributed by atoms with Gasteiger partial charge in [0.1, 0.15) is 0 Å². The molecule has 1 saturated carbocycles. The molecule has 1 saturated heterocycles. The third-order valence-electron chi connectivity index (χ3n) is 4.82. The van der Waals surface area contributed by atoms with Gasteiger partial charge >= 0.3 is 0 Å². The smallest absolute Gasteiger partial charge is 0.0145 e. The molecule has 1 heterocycles. The quantitative estimate of drug-likeness (QED) is 0.858. The molecule has 0 amide bonds. The number of nitrogens with one attached hydrogen (secondary N) is 2. The summed E-state index contributed by atoms with van der Waals surface area (Å²) < 4.78 is 0. The summed E-state index contributed by atoms with van der Waals surface area (Å²) in [6.45, 7) is 3.57. The minimum atomic E-state index is 0.629. The molecule has 3 rings (SSSR count). The Bertz CT molecular complexity index is 395. The lowest BCUT2D eigenvalue weighted by molar-refractivity contribution is 0.400. The second-order valence-electron chi connectivity index (χ2n) is 6.66. The van der Waals surface area contributed by atoms with Crippen molar-refractivity contribution < 1.29 is 0 Å². The third kappa shape index (κ3) is 3.83. The molecule has 1 aromatic carbocycles. The lowest BCUT2D eigenvalue weighted by Gasteiger charge is -2.21. The van der Waals surface area contributed by atoms with Crippen molar-refractivity contribution in [2.24, 2.45) is 0 Å². The van der Waals surface area contributed by atoms with E-state index in [4.69, 9.17) is 0 Å². The van der Waals surface area contributed by atoms with Crippen molar-refractivity contribution in [3.8, 4) is 0 Å². The summed E-state index contributed by atoms with van der Waals surface area (Å²) in [5, 5.41) is 7.54. The minimum absolute atomic E-state index is 0.629. The standard InChI is InChI=1S/C18H28N2/c1-14(12-16-10-6-3-7-11-19-16)20-18-13-17(18)15-8-4-2-5-9-15/h2,4-5,8-9,14,16-20H,3,6-7,10-13H2,1H3. The van der Waals surface area contributed by atoms with Gasteiger partial charge in [-0.1, -0.05) is 43.2 Å². The van der Waals surface area contributed by atoms with Gasteiger partial charge in [-0.05, 0) is 44.7 Å². The summed E-state index contributed by atoms with van der Waals surface area (Å²) in [4.78, 5) is 0. The van der Waals surface area contributed by atoms with Crippen molar-refractivity contribution in [1.29, 1.82) is 0 Å². The summed E-state index contributed by atoms with van der Waals surface area (Å²) in [6.07, 6.45) is 8.12. The largest absolute Gasteiger partial charge is 0.314 e. The average Bonchev–Trinajstić information content (AvgIpc) is 3.24. The summed E-state index contributed by atoms with van der Waals surface area (Å²) in [6, 6.07) is 13.0. The number of benzene rings is 1. The second-order valence-corrected chi connectivity index (χ2v) is 6.66. The number of hydrogen-bond donors (Lipinski definition) is 2. The highest BCUT2D eigenvalue weighted by molar-refractivity contribution is 5.27. The van der Waals surface area contributed by atoms with E-state index in [0.717, 1.165) is 12.0 Å². The molecule has 1 aliphatic heterocycles. The first kappa shape index (κ1) is 14.1. The molecule has 1 aromatic rings. The second kappa shape index (κ2) is 6.73. The summed E-state index contributed by atoms with van der Waals surface area (Å²) >= 11 is 0. The van der Waals surface area contributed by atoms with Crippen LogP contribution in [0.15, 0.2) is 30.3 Å². The van der Waals surface area contributed by atoms with Gasteiger partial charge in [-0.25, -0.2) is 0 Å². The van der Waals surface area contributed by atoms with Gasteiger partial charge in [0, 0.05) is 24.0 Å². The van der Waals surface area contributed by atoms with Gasteiger partial charge < -0.3 is 10.6 Å². The van der Waals surface area contributed by atoms with E-state index in [0.29, 0.717) is 12.1 Å². The molecule has 0 spiro atoms. The fourth-order valence-corrected chi connectivity index (χ4v) is 3.61. The van der Waals surface area contributed by atoms with Crippen LogP contribution in [0.2, 0.25) is 0 Å². The Morgan fingerprint density at radius 3 is 2.90 bits per heavy atom. The van der Waals surface area contributed by atoms with E-state index in [1.807, 2.05) is 0 Å². The Labute approximate surface area is 123 Å².